The number of carbonyl (C=O) groups is 1. The molecule has 1 fully saturated rings. The van der Waals surface area contributed by atoms with Gasteiger partial charge in [-0.2, -0.15) is 0 Å². The summed E-state index contributed by atoms with van der Waals surface area (Å²) in [7, 11) is 1.70. The number of ether oxygens (including phenoxy) is 1. The summed E-state index contributed by atoms with van der Waals surface area (Å²) >= 11 is 0. The molecular formula is C27H29N3O2. The molecule has 164 valence electrons. The zero-order valence-corrected chi connectivity index (χ0v) is 18.4. The third-order valence-corrected chi connectivity index (χ3v) is 6.69. The Balaban J connectivity index is 1.40. The molecule has 5 nitrogen and oxygen atoms in total. The molecule has 2 aliphatic heterocycles. The van der Waals surface area contributed by atoms with Gasteiger partial charge in [0.2, 0.25) is 5.91 Å². The molecule has 0 saturated carbocycles. The van der Waals surface area contributed by atoms with Gasteiger partial charge in [0.25, 0.3) is 0 Å². The smallest absolute Gasteiger partial charge is 0.225 e. The Kier molecular flexibility index (Phi) is 5.71. The van der Waals surface area contributed by atoms with Crippen molar-refractivity contribution in [3.8, 4) is 5.75 Å². The molecule has 0 unspecified atom stereocenters. The van der Waals surface area contributed by atoms with Crippen molar-refractivity contribution in [2.75, 3.05) is 36.5 Å². The molecule has 0 aromatic heterocycles. The van der Waals surface area contributed by atoms with Crippen LogP contribution in [0.2, 0.25) is 0 Å². The molecule has 32 heavy (non-hydrogen) atoms. The molecule has 2 atom stereocenters. The first-order valence-electron chi connectivity index (χ1n) is 11.3. The average Bonchev–Trinajstić information content (AvgIpc) is 2.87. The van der Waals surface area contributed by atoms with Crippen molar-refractivity contribution < 1.29 is 9.53 Å². The van der Waals surface area contributed by atoms with Crippen molar-refractivity contribution in [3.63, 3.8) is 0 Å². The van der Waals surface area contributed by atoms with E-state index < -0.39 is 0 Å². The molecule has 0 radical (unpaired) electrons. The van der Waals surface area contributed by atoms with Gasteiger partial charge in [0.1, 0.15) is 5.75 Å². The largest absolute Gasteiger partial charge is 0.497 e. The monoisotopic (exact) mass is 427 g/mol. The number of methoxy groups -OCH3 is 1. The second-order valence-corrected chi connectivity index (χ2v) is 8.55. The SMILES string of the molecule is COc1cccc(N2CCN3c4ccccc4C[C@@H](C(=O)NCc4ccccc4)[C@@H]3C2)c1. The fourth-order valence-electron chi connectivity index (χ4n) is 5.02. The van der Waals surface area contributed by atoms with Crippen molar-refractivity contribution in [2.24, 2.45) is 5.92 Å². The van der Waals surface area contributed by atoms with Crippen LogP contribution in [0.5, 0.6) is 5.75 Å². The van der Waals surface area contributed by atoms with E-state index in [1.54, 1.807) is 7.11 Å². The van der Waals surface area contributed by atoms with Gasteiger partial charge in [0.15, 0.2) is 0 Å². The lowest BCUT2D eigenvalue weighted by molar-refractivity contribution is -0.126. The van der Waals surface area contributed by atoms with Crippen molar-refractivity contribution in [2.45, 2.75) is 19.0 Å². The van der Waals surface area contributed by atoms with Gasteiger partial charge in [-0.1, -0.05) is 54.6 Å². The molecule has 0 bridgehead atoms. The van der Waals surface area contributed by atoms with E-state index in [-0.39, 0.29) is 17.9 Å². The highest BCUT2D eigenvalue weighted by atomic mass is 16.5. The topological polar surface area (TPSA) is 44.8 Å². The fourth-order valence-corrected chi connectivity index (χ4v) is 5.02. The van der Waals surface area contributed by atoms with Crippen LogP contribution in [0.25, 0.3) is 0 Å². The minimum absolute atomic E-state index is 0.0954. The molecular weight excluding hydrogens is 398 g/mol. The lowest BCUT2D eigenvalue weighted by Crippen LogP contribution is -2.61. The highest BCUT2D eigenvalue weighted by molar-refractivity contribution is 5.82. The summed E-state index contributed by atoms with van der Waals surface area (Å²) in [6.07, 6.45) is 0.768. The van der Waals surface area contributed by atoms with Crippen LogP contribution in [0.4, 0.5) is 11.4 Å². The first kappa shape index (κ1) is 20.4. The van der Waals surface area contributed by atoms with E-state index >= 15 is 0 Å². The van der Waals surface area contributed by atoms with Gasteiger partial charge in [-0.25, -0.2) is 0 Å². The Morgan fingerprint density at radius 2 is 1.81 bits per heavy atom. The molecule has 1 saturated heterocycles. The Morgan fingerprint density at radius 1 is 1.00 bits per heavy atom. The molecule has 2 heterocycles. The summed E-state index contributed by atoms with van der Waals surface area (Å²) in [6, 6.07) is 27.0. The molecule has 1 amide bonds. The number of amides is 1. The van der Waals surface area contributed by atoms with Gasteiger partial charge in [-0.15, -0.1) is 0 Å². The summed E-state index contributed by atoms with van der Waals surface area (Å²) in [5, 5.41) is 3.20. The van der Waals surface area contributed by atoms with Crippen LogP contribution < -0.4 is 19.9 Å². The highest BCUT2D eigenvalue weighted by Gasteiger charge is 2.41. The average molecular weight is 428 g/mol. The van der Waals surface area contributed by atoms with Crippen molar-refractivity contribution in [3.05, 3.63) is 90.0 Å². The van der Waals surface area contributed by atoms with E-state index in [9.17, 15) is 4.79 Å². The van der Waals surface area contributed by atoms with Crippen molar-refractivity contribution in [1.29, 1.82) is 0 Å². The maximum atomic E-state index is 13.4. The zero-order chi connectivity index (χ0) is 21.9. The minimum Gasteiger partial charge on any atom is -0.497 e. The summed E-state index contributed by atoms with van der Waals surface area (Å²) in [6.45, 7) is 3.17. The van der Waals surface area contributed by atoms with Crippen LogP contribution in [0.1, 0.15) is 11.1 Å². The number of nitrogens with zero attached hydrogens (tertiary/aromatic N) is 2. The van der Waals surface area contributed by atoms with Gasteiger partial charge >= 0.3 is 0 Å². The van der Waals surface area contributed by atoms with Crippen LogP contribution >= 0.6 is 0 Å². The highest BCUT2D eigenvalue weighted by Crippen LogP contribution is 2.37. The summed E-state index contributed by atoms with van der Waals surface area (Å²) in [5.74, 6) is 0.893. The second-order valence-electron chi connectivity index (χ2n) is 8.55. The zero-order valence-electron chi connectivity index (χ0n) is 18.4. The van der Waals surface area contributed by atoms with Gasteiger partial charge in [0, 0.05) is 43.6 Å². The van der Waals surface area contributed by atoms with E-state index in [2.05, 4.69) is 51.5 Å². The Labute approximate surface area is 189 Å². The Morgan fingerprint density at radius 3 is 2.66 bits per heavy atom. The number of nitrogens with one attached hydrogen (secondary N) is 1. The molecule has 0 spiro atoms. The van der Waals surface area contributed by atoms with E-state index in [0.29, 0.717) is 6.54 Å². The quantitative estimate of drug-likeness (QED) is 0.671. The third-order valence-electron chi connectivity index (χ3n) is 6.69. The fraction of sp³-hybridized carbons (Fsp3) is 0.296. The number of anilines is 2. The molecule has 3 aromatic carbocycles. The number of hydrogen-bond acceptors (Lipinski definition) is 4. The van der Waals surface area contributed by atoms with Crippen LogP contribution in [-0.4, -0.2) is 38.7 Å². The predicted octanol–water partition coefficient (Wildman–Crippen LogP) is 3.88. The standard InChI is InChI=1S/C27H29N3O2/c1-32-23-12-7-11-22(17-23)29-14-15-30-25-13-6-5-10-21(25)16-24(26(30)19-29)27(31)28-18-20-8-3-2-4-9-20/h2-13,17,24,26H,14-16,18-19H2,1H3,(H,28,31)/t24-,26+/m1/s1. The number of para-hydroxylation sites is 1. The molecule has 1 N–H and O–H groups in total. The Hall–Kier alpha value is -3.47. The lowest BCUT2D eigenvalue weighted by atomic mass is 9.83. The second kappa shape index (κ2) is 8.95. The summed E-state index contributed by atoms with van der Waals surface area (Å²) in [4.78, 5) is 18.2. The number of rotatable bonds is 5. The van der Waals surface area contributed by atoms with E-state index in [4.69, 9.17) is 4.74 Å². The van der Waals surface area contributed by atoms with E-state index in [1.807, 2.05) is 42.5 Å². The van der Waals surface area contributed by atoms with Crippen LogP contribution in [-0.2, 0) is 17.8 Å². The first-order chi connectivity index (χ1) is 15.7. The van der Waals surface area contributed by atoms with Crippen molar-refractivity contribution >= 4 is 17.3 Å². The Bertz CT molecular complexity index is 1090. The van der Waals surface area contributed by atoms with Crippen LogP contribution in [0.3, 0.4) is 0 Å². The molecule has 5 heteroatoms. The molecule has 0 aliphatic carbocycles. The molecule has 3 aromatic rings. The third kappa shape index (κ3) is 4.03. The maximum absolute atomic E-state index is 13.4. The van der Waals surface area contributed by atoms with Crippen molar-refractivity contribution in [1.82, 2.24) is 5.32 Å². The van der Waals surface area contributed by atoms with Gasteiger partial charge < -0.3 is 19.9 Å². The van der Waals surface area contributed by atoms with E-state index in [1.165, 1.54) is 11.3 Å². The first-order valence-corrected chi connectivity index (χ1v) is 11.3. The van der Waals surface area contributed by atoms with Crippen LogP contribution in [0, 0.1) is 5.92 Å². The number of piperazine rings is 1. The molecule has 2 aliphatic rings. The predicted molar refractivity (Wildman–Crippen MR) is 128 cm³/mol. The summed E-state index contributed by atoms with van der Waals surface area (Å²) < 4.78 is 5.43. The van der Waals surface area contributed by atoms with E-state index in [0.717, 1.165) is 43.1 Å². The van der Waals surface area contributed by atoms with Gasteiger partial charge in [-0.05, 0) is 35.7 Å². The number of carbonyl (C=O) groups excluding carboxylic acids is 1. The summed E-state index contributed by atoms with van der Waals surface area (Å²) in [5.41, 5.74) is 4.80. The number of hydrogen-bond donors (Lipinski definition) is 1. The van der Waals surface area contributed by atoms with Gasteiger partial charge in [-0.3, -0.25) is 4.79 Å². The lowest BCUT2D eigenvalue weighted by Gasteiger charge is -2.49. The van der Waals surface area contributed by atoms with Crippen LogP contribution in [0.15, 0.2) is 78.9 Å². The number of benzene rings is 3. The van der Waals surface area contributed by atoms with Gasteiger partial charge in [0.05, 0.1) is 19.1 Å². The maximum Gasteiger partial charge on any atom is 0.225 e. The minimum atomic E-state index is -0.0954. The number of fused-ring (bicyclic) bond motifs is 3. The normalized spacial score (nSPS) is 19.7. The molecule has 5 rings (SSSR count).